The Kier molecular flexibility index (Phi) is 2.67. The number of aromatic carboxylic acids is 1. The highest BCUT2D eigenvalue weighted by atomic mass is 79.9. The highest BCUT2D eigenvalue weighted by molar-refractivity contribution is 9.10. The summed E-state index contributed by atoms with van der Waals surface area (Å²) in [7, 11) is 1.71. The van der Waals surface area contributed by atoms with E-state index in [-0.39, 0.29) is 5.69 Å². The van der Waals surface area contributed by atoms with Gasteiger partial charge in [0.1, 0.15) is 11.8 Å². The molecule has 3 rings (SSSR count). The summed E-state index contributed by atoms with van der Waals surface area (Å²) in [6.45, 7) is 0. The van der Waals surface area contributed by atoms with Crippen LogP contribution in [0.1, 0.15) is 10.5 Å². The van der Waals surface area contributed by atoms with Gasteiger partial charge < -0.3 is 9.52 Å². The predicted octanol–water partition coefficient (Wildman–Crippen LogP) is 3.29. The molecular formula is C13H9BrN2O3. The van der Waals surface area contributed by atoms with Crippen LogP contribution in [0.3, 0.4) is 0 Å². The first-order chi connectivity index (χ1) is 9.08. The Labute approximate surface area is 116 Å². The Morgan fingerprint density at radius 3 is 2.95 bits per heavy atom. The standard InChI is InChI=1S/C13H9BrN2O3/c1-16-11(5-10(15-16)13(17)18)8-4-2-3-7-9(14)6-19-12(7)8/h2-6H,1H3,(H,17,18). The van der Waals surface area contributed by atoms with Crippen molar-refractivity contribution in [2.24, 2.45) is 7.05 Å². The maximum atomic E-state index is 11.0. The third kappa shape index (κ3) is 1.84. The zero-order valence-electron chi connectivity index (χ0n) is 9.92. The van der Waals surface area contributed by atoms with Crippen LogP contribution < -0.4 is 0 Å². The molecule has 3 aromatic rings. The molecule has 0 radical (unpaired) electrons. The summed E-state index contributed by atoms with van der Waals surface area (Å²) >= 11 is 3.41. The second-order valence-electron chi connectivity index (χ2n) is 4.11. The molecule has 1 aromatic carbocycles. The Hall–Kier alpha value is -2.08. The van der Waals surface area contributed by atoms with Crippen molar-refractivity contribution in [3.05, 3.63) is 40.7 Å². The van der Waals surface area contributed by atoms with Crippen LogP contribution in [0.4, 0.5) is 0 Å². The van der Waals surface area contributed by atoms with Crippen molar-refractivity contribution < 1.29 is 14.3 Å². The minimum Gasteiger partial charge on any atom is -0.476 e. The number of para-hydroxylation sites is 1. The first-order valence-electron chi connectivity index (χ1n) is 5.51. The zero-order chi connectivity index (χ0) is 13.6. The summed E-state index contributed by atoms with van der Waals surface area (Å²) in [6.07, 6.45) is 1.61. The van der Waals surface area contributed by atoms with Crippen LogP contribution in [0.25, 0.3) is 22.2 Å². The maximum Gasteiger partial charge on any atom is 0.356 e. The van der Waals surface area contributed by atoms with Gasteiger partial charge in [-0.1, -0.05) is 6.07 Å². The summed E-state index contributed by atoms with van der Waals surface area (Å²) in [4.78, 5) is 11.0. The Morgan fingerprint density at radius 1 is 1.47 bits per heavy atom. The maximum absolute atomic E-state index is 11.0. The monoisotopic (exact) mass is 320 g/mol. The average molecular weight is 321 g/mol. The van der Waals surface area contributed by atoms with Crippen LogP contribution in [0.2, 0.25) is 0 Å². The number of carboxylic acid groups (broad SMARTS) is 1. The van der Waals surface area contributed by atoms with Gasteiger partial charge in [0.15, 0.2) is 5.69 Å². The minimum atomic E-state index is -1.05. The van der Waals surface area contributed by atoms with Crippen LogP contribution in [-0.2, 0) is 7.05 Å². The van der Waals surface area contributed by atoms with Gasteiger partial charge in [-0.2, -0.15) is 5.10 Å². The number of carboxylic acids is 1. The van der Waals surface area contributed by atoms with E-state index in [9.17, 15) is 4.79 Å². The van der Waals surface area contributed by atoms with Gasteiger partial charge in [-0.25, -0.2) is 4.79 Å². The molecule has 2 aromatic heterocycles. The number of aryl methyl sites for hydroxylation is 1. The van der Waals surface area contributed by atoms with E-state index in [0.717, 1.165) is 15.4 Å². The van der Waals surface area contributed by atoms with Crippen molar-refractivity contribution in [2.75, 3.05) is 0 Å². The Bertz CT molecular complexity index is 788. The first kappa shape index (κ1) is 12.0. The number of hydrogen-bond donors (Lipinski definition) is 1. The fourth-order valence-electron chi connectivity index (χ4n) is 2.05. The van der Waals surface area contributed by atoms with E-state index in [0.29, 0.717) is 11.3 Å². The summed E-state index contributed by atoms with van der Waals surface area (Å²) in [5.41, 5.74) is 2.23. The normalized spacial score (nSPS) is 11.1. The van der Waals surface area contributed by atoms with Crippen molar-refractivity contribution in [1.29, 1.82) is 0 Å². The Morgan fingerprint density at radius 2 is 2.26 bits per heavy atom. The molecule has 0 saturated heterocycles. The number of nitrogens with zero attached hydrogens (tertiary/aromatic N) is 2. The molecule has 0 atom stereocenters. The van der Waals surface area contributed by atoms with E-state index in [4.69, 9.17) is 9.52 Å². The lowest BCUT2D eigenvalue weighted by Gasteiger charge is -2.02. The molecule has 5 nitrogen and oxygen atoms in total. The molecular weight excluding hydrogens is 312 g/mol. The third-order valence-electron chi connectivity index (χ3n) is 2.93. The molecule has 0 fully saturated rings. The molecule has 1 N–H and O–H groups in total. The highest BCUT2D eigenvalue weighted by Gasteiger charge is 2.16. The predicted molar refractivity (Wildman–Crippen MR) is 73.1 cm³/mol. The molecule has 0 spiro atoms. The van der Waals surface area contributed by atoms with Gasteiger partial charge in [0, 0.05) is 18.0 Å². The number of furan rings is 1. The number of hydrogen-bond acceptors (Lipinski definition) is 3. The van der Waals surface area contributed by atoms with E-state index in [2.05, 4.69) is 21.0 Å². The second-order valence-corrected chi connectivity index (χ2v) is 4.96. The molecule has 6 heteroatoms. The number of aromatic nitrogens is 2. The third-order valence-corrected chi connectivity index (χ3v) is 3.54. The lowest BCUT2D eigenvalue weighted by molar-refractivity contribution is 0.0689. The second kappa shape index (κ2) is 4.24. The van der Waals surface area contributed by atoms with Gasteiger partial charge in [0.25, 0.3) is 0 Å². The van der Waals surface area contributed by atoms with Gasteiger partial charge in [-0.3, -0.25) is 4.68 Å². The fourth-order valence-corrected chi connectivity index (χ4v) is 2.46. The molecule has 0 aliphatic carbocycles. The van der Waals surface area contributed by atoms with E-state index in [1.165, 1.54) is 10.7 Å². The van der Waals surface area contributed by atoms with E-state index in [1.807, 2.05) is 18.2 Å². The van der Waals surface area contributed by atoms with Gasteiger partial charge >= 0.3 is 5.97 Å². The van der Waals surface area contributed by atoms with E-state index < -0.39 is 5.97 Å². The molecule has 0 aliphatic heterocycles. The molecule has 0 amide bonds. The summed E-state index contributed by atoms with van der Waals surface area (Å²) in [6, 6.07) is 7.24. The lowest BCUT2D eigenvalue weighted by Crippen LogP contribution is -1.99. The molecule has 0 saturated carbocycles. The number of benzene rings is 1. The Balaban J connectivity index is 2.27. The van der Waals surface area contributed by atoms with Crippen LogP contribution in [0.5, 0.6) is 0 Å². The quantitative estimate of drug-likeness (QED) is 0.786. The van der Waals surface area contributed by atoms with Crippen molar-refractivity contribution in [1.82, 2.24) is 9.78 Å². The van der Waals surface area contributed by atoms with E-state index >= 15 is 0 Å². The van der Waals surface area contributed by atoms with Crippen LogP contribution in [0.15, 0.2) is 39.4 Å². The zero-order valence-corrected chi connectivity index (χ0v) is 11.5. The summed E-state index contributed by atoms with van der Waals surface area (Å²) in [5, 5.41) is 13.9. The van der Waals surface area contributed by atoms with Crippen LogP contribution in [0, 0.1) is 0 Å². The molecule has 0 aliphatic rings. The number of carbonyl (C=O) groups is 1. The van der Waals surface area contributed by atoms with E-state index in [1.54, 1.807) is 13.3 Å². The first-order valence-corrected chi connectivity index (χ1v) is 6.30. The van der Waals surface area contributed by atoms with Gasteiger partial charge in [0.05, 0.1) is 10.2 Å². The summed E-state index contributed by atoms with van der Waals surface area (Å²) < 4.78 is 7.93. The van der Waals surface area contributed by atoms with Gasteiger partial charge in [0.2, 0.25) is 0 Å². The largest absolute Gasteiger partial charge is 0.476 e. The van der Waals surface area contributed by atoms with Crippen LogP contribution >= 0.6 is 15.9 Å². The number of halogens is 1. The molecule has 96 valence electrons. The molecule has 0 bridgehead atoms. The lowest BCUT2D eigenvalue weighted by atomic mass is 10.1. The molecule has 0 unspecified atom stereocenters. The van der Waals surface area contributed by atoms with Crippen molar-refractivity contribution in [3.8, 4) is 11.3 Å². The van der Waals surface area contributed by atoms with Crippen molar-refractivity contribution >= 4 is 32.9 Å². The number of fused-ring (bicyclic) bond motifs is 1. The SMILES string of the molecule is Cn1nc(C(=O)O)cc1-c1cccc2c(Br)coc12. The smallest absolute Gasteiger partial charge is 0.356 e. The highest BCUT2D eigenvalue weighted by Crippen LogP contribution is 2.34. The van der Waals surface area contributed by atoms with Crippen molar-refractivity contribution in [2.45, 2.75) is 0 Å². The van der Waals surface area contributed by atoms with Gasteiger partial charge in [-0.15, -0.1) is 0 Å². The van der Waals surface area contributed by atoms with Crippen molar-refractivity contribution in [3.63, 3.8) is 0 Å². The van der Waals surface area contributed by atoms with Crippen LogP contribution in [-0.4, -0.2) is 20.9 Å². The topological polar surface area (TPSA) is 68.3 Å². The average Bonchev–Trinajstić information content (AvgIpc) is 2.94. The fraction of sp³-hybridized carbons (Fsp3) is 0.0769. The number of rotatable bonds is 2. The molecule has 19 heavy (non-hydrogen) atoms. The van der Waals surface area contributed by atoms with Gasteiger partial charge in [-0.05, 0) is 34.1 Å². The minimum absolute atomic E-state index is 0.0140. The summed E-state index contributed by atoms with van der Waals surface area (Å²) in [5.74, 6) is -1.05. The molecule has 2 heterocycles.